The Balaban J connectivity index is 1.92. The van der Waals surface area contributed by atoms with Crippen LogP contribution in [0.4, 0.5) is 0 Å². The minimum atomic E-state index is -0.0166. The summed E-state index contributed by atoms with van der Waals surface area (Å²) >= 11 is 0. The molecule has 2 aromatic heterocycles. The second-order valence-corrected chi connectivity index (χ2v) is 5.10. The van der Waals surface area contributed by atoms with Gasteiger partial charge < -0.3 is 5.32 Å². The summed E-state index contributed by atoms with van der Waals surface area (Å²) in [5, 5.41) is 6.27. The number of aryl methyl sites for hydroxylation is 1. The molecule has 0 aromatic carbocycles. The summed E-state index contributed by atoms with van der Waals surface area (Å²) in [6.07, 6.45) is 5.08. The van der Waals surface area contributed by atoms with E-state index in [1.807, 2.05) is 13.1 Å². The lowest BCUT2D eigenvalue weighted by atomic mass is 9.93. The summed E-state index contributed by atoms with van der Waals surface area (Å²) in [5.41, 5.74) is 2.68. The number of fused-ring (bicyclic) bond motifs is 1. The Hall–Kier alpha value is -1.62. The number of nitrogens with one attached hydrogen (secondary N) is 2. The number of piperidine rings is 1. The largest absolute Gasteiger partial charge is 0.317 e. The second-order valence-electron chi connectivity index (χ2n) is 5.10. The molecule has 1 aliphatic heterocycles. The van der Waals surface area contributed by atoms with Gasteiger partial charge in [-0.2, -0.15) is 0 Å². The first-order chi connectivity index (χ1) is 8.74. The summed E-state index contributed by atoms with van der Waals surface area (Å²) < 4.78 is 1.50. The maximum Gasteiger partial charge on any atom is 0.272 e. The Morgan fingerprint density at radius 3 is 3.00 bits per heavy atom. The van der Waals surface area contributed by atoms with Gasteiger partial charge in [-0.3, -0.25) is 9.89 Å². The Kier molecular flexibility index (Phi) is 2.91. The van der Waals surface area contributed by atoms with Crippen molar-refractivity contribution in [1.29, 1.82) is 0 Å². The van der Waals surface area contributed by atoms with Crippen LogP contribution < -0.4 is 10.9 Å². The highest BCUT2D eigenvalue weighted by molar-refractivity contribution is 5.45. The standard InChI is InChI=1S/C13H18N4O/c1-9-8-15-17-12(18)7-11(16-13(9)17)6-10-2-4-14-5-3-10/h7-8,10,14-15H,2-6H2,1H3. The highest BCUT2D eigenvalue weighted by Gasteiger charge is 2.15. The van der Waals surface area contributed by atoms with Crippen LogP contribution in [0.3, 0.4) is 0 Å². The van der Waals surface area contributed by atoms with Gasteiger partial charge in [0.2, 0.25) is 0 Å². The lowest BCUT2D eigenvalue weighted by Crippen LogP contribution is -2.29. The molecule has 0 radical (unpaired) electrons. The predicted molar refractivity (Wildman–Crippen MR) is 69.8 cm³/mol. The van der Waals surface area contributed by atoms with Crippen LogP contribution in [0.2, 0.25) is 0 Å². The van der Waals surface area contributed by atoms with Crippen LogP contribution in [0.25, 0.3) is 5.65 Å². The third kappa shape index (κ3) is 2.06. The van der Waals surface area contributed by atoms with Gasteiger partial charge >= 0.3 is 0 Å². The van der Waals surface area contributed by atoms with Crippen molar-refractivity contribution in [3.05, 3.63) is 33.9 Å². The topological polar surface area (TPSA) is 62.2 Å². The van der Waals surface area contributed by atoms with E-state index in [-0.39, 0.29) is 5.56 Å². The number of rotatable bonds is 2. The fourth-order valence-corrected chi connectivity index (χ4v) is 2.63. The summed E-state index contributed by atoms with van der Waals surface area (Å²) in [5.74, 6) is 0.653. The number of hydrogen-bond donors (Lipinski definition) is 2. The molecule has 3 rings (SSSR count). The van der Waals surface area contributed by atoms with Gasteiger partial charge in [0.1, 0.15) is 0 Å². The zero-order valence-corrected chi connectivity index (χ0v) is 10.6. The first-order valence-corrected chi connectivity index (χ1v) is 6.51. The van der Waals surface area contributed by atoms with Crippen LogP contribution in [0, 0.1) is 12.8 Å². The number of hydrogen-bond acceptors (Lipinski definition) is 3. The molecule has 0 atom stereocenters. The van der Waals surface area contributed by atoms with Crippen molar-refractivity contribution in [2.45, 2.75) is 26.2 Å². The van der Waals surface area contributed by atoms with Gasteiger partial charge in [-0.05, 0) is 45.2 Å². The molecule has 5 nitrogen and oxygen atoms in total. The lowest BCUT2D eigenvalue weighted by Gasteiger charge is -2.22. The molecule has 0 unspecified atom stereocenters. The van der Waals surface area contributed by atoms with Crippen molar-refractivity contribution in [3.63, 3.8) is 0 Å². The van der Waals surface area contributed by atoms with Gasteiger partial charge in [-0.25, -0.2) is 9.50 Å². The zero-order chi connectivity index (χ0) is 12.5. The molecule has 0 saturated carbocycles. The minimum Gasteiger partial charge on any atom is -0.317 e. The van der Waals surface area contributed by atoms with Gasteiger partial charge in [-0.15, -0.1) is 0 Å². The molecule has 0 bridgehead atoms. The summed E-state index contributed by atoms with van der Waals surface area (Å²) in [6.45, 7) is 4.12. The first-order valence-electron chi connectivity index (χ1n) is 6.51. The molecule has 0 amide bonds. The van der Waals surface area contributed by atoms with Gasteiger partial charge in [0.15, 0.2) is 5.65 Å². The molecule has 96 valence electrons. The van der Waals surface area contributed by atoms with Crippen molar-refractivity contribution >= 4 is 5.65 Å². The van der Waals surface area contributed by atoms with Gasteiger partial charge in [0.25, 0.3) is 5.56 Å². The summed E-state index contributed by atoms with van der Waals surface area (Å²) in [7, 11) is 0. The Morgan fingerprint density at radius 1 is 1.44 bits per heavy atom. The van der Waals surface area contributed by atoms with E-state index in [2.05, 4.69) is 15.4 Å². The van der Waals surface area contributed by atoms with Gasteiger partial charge in [-0.1, -0.05) is 0 Å². The highest BCUT2D eigenvalue weighted by Crippen LogP contribution is 2.16. The van der Waals surface area contributed by atoms with Crippen LogP contribution in [-0.4, -0.2) is 27.7 Å². The second kappa shape index (κ2) is 4.57. The fraction of sp³-hybridized carbons (Fsp3) is 0.538. The van der Waals surface area contributed by atoms with Crippen molar-refractivity contribution < 1.29 is 0 Å². The van der Waals surface area contributed by atoms with Crippen molar-refractivity contribution in [1.82, 2.24) is 19.9 Å². The average Bonchev–Trinajstić information content (AvgIpc) is 2.73. The Morgan fingerprint density at radius 2 is 2.22 bits per heavy atom. The first kappa shape index (κ1) is 11.5. The molecule has 2 N–H and O–H groups in total. The molecule has 2 aromatic rings. The number of nitrogens with zero attached hydrogens (tertiary/aromatic N) is 2. The van der Waals surface area contributed by atoms with E-state index in [0.29, 0.717) is 5.92 Å². The van der Waals surface area contributed by atoms with E-state index in [1.165, 1.54) is 17.4 Å². The maximum atomic E-state index is 11.9. The van der Waals surface area contributed by atoms with E-state index in [1.54, 1.807) is 6.07 Å². The molecule has 0 spiro atoms. The third-order valence-electron chi connectivity index (χ3n) is 3.69. The minimum absolute atomic E-state index is 0.0166. The molecule has 1 saturated heterocycles. The normalized spacial score (nSPS) is 17.4. The number of aromatic amines is 1. The van der Waals surface area contributed by atoms with Gasteiger partial charge in [0.05, 0.1) is 0 Å². The van der Waals surface area contributed by atoms with E-state index in [0.717, 1.165) is 36.4 Å². The Bertz CT molecular complexity index is 607. The van der Waals surface area contributed by atoms with E-state index < -0.39 is 0 Å². The van der Waals surface area contributed by atoms with E-state index in [9.17, 15) is 4.79 Å². The average molecular weight is 246 g/mol. The van der Waals surface area contributed by atoms with Crippen molar-refractivity contribution in [2.75, 3.05) is 13.1 Å². The Labute approximate surface area is 105 Å². The van der Waals surface area contributed by atoms with Crippen LogP contribution in [0.15, 0.2) is 17.1 Å². The smallest absolute Gasteiger partial charge is 0.272 e. The maximum absolute atomic E-state index is 11.9. The molecule has 0 aliphatic carbocycles. The molecular weight excluding hydrogens is 228 g/mol. The lowest BCUT2D eigenvalue weighted by molar-refractivity contribution is 0.370. The van der Waals surface area contributed by atoms with Crippen LogP contribution >= 0.6 is 0 Å². The summed E-state index contributed by atoms with van der Waals surface area (Å²) in [4.78, 5) is 16.5. The molecule has 3 heterocycles. The predicted octanol–water partition coefficient (Wildman–Crippen LogP) is 0.873. The van der Waals surface area contributed by atoms with Crippen LogP contribution in [0.1, 0.15) is 24.1 Å². The monoisotopic (exact) mass is 246 g/mol. The number of H-pyrrole nitrogens is 1. The molecule has 18 heavy (non-hydrogen) atoms. The van der Waals surface area contributed by atoms with Crippen LogP contribution in [0.5, 0.6) is 0 Å². The molecule has 1 aliphatic rings. The molecular formula is C13H18N4O. The third-order valence-corrected chi connectivity index (χ3v) is 3.69. The van der Waals surface area contributed by atoms with E-state index >= 15 is 0 Å². The quantitative estimate of drug-likeness (QED) is 0.826. The van der Waals surface area contributed by atoms with Crippen LogP contribution in [-0.2, 0) is 6.42 Å². The highest BCUT2D eigenvalue weighted by atomic mass is 16.1. The SMILES string of the molecule is Cc1c[nH]n2c(=O)cc(CC3CCNCC3)nc12. The zero-order valence-electron chi connectivity index (χ0n) is 10.6. The number of aromatic nitrogens is 3. The van der Waals surface area contributed by atoms with Crippen molar-refractivity contribution in [2.24, 2.45) is 5.92 Å². The fourth-order valence-electron chi connectivity index (χ4n) is 2.63. The van der Waals surface area contributed by atoms with Crippen molar-refractivity contribution in [3.8, 4) is 0 Å². The van der Waals surface area contributed by atoms with Gasteiger partial charge in [0, 0.05) is 23.5 Å². The molecule has 5 heteroatoms. The molecule has 1 fully saturated rings. The van der Waals surface area contributed by atoms with E-state index in [4.69, 9.17) is 0 Å². The summed E-state index contributed by atoms with van der Waals surface area (Å²) in [6, 6.07) is 1.66.